The first kappa shape index (κ1) is 16.8. The summed E-state index contributed by atoms with van der Waals surface area (Å²) < 4.78 is 5.31. The molecule has 26 heavy (non-hydrogen) atoms. The summed E-state index contributed by atoms with van der Waals surface area (Å²) in [4.78, 5) is 17.6. The molecule has 1 fully saturated rings. The van der Waals surface area contributed by atoms with Gasteiger partial charge >= 0.3 is 0 Å². The van der Waals surface area contributed by atoms with Crippen LogP contribution in [0.25, 0.3) is 10.9 Å². The van der Waals surface area contributed by atoms with Crippen molar-refractivity contribution in [2.24, 2.45) is 0 Å². The number of halogens is 1. The molecule has 134 valence electrons. The van der Waals surface area contributed by atoms with Crippen molar-refractivity contribution < 1.29 is 4.74 Å². The van der Waals surface area contributed by atoms with Gasteiger partial charge < -0.3 is 14.5 Å². The predicted molar refractivity (Wildman–Crippen MR) is 105 cm³/mol. The number of anilines is 2. The SMILES string of the molecule is COc1ccc2c(N3CCN(c4cc(C)nc(Cl)n4)CC3)ccnc2c1. The molecule has 0 N–H and O–H groups in total. The van der Waals surface area contributed by atoms with E-state index >= 15 is 0 Å². The molecule has 0 radical (unpaired) electrons. The van der Waals surface area contributed by atoms with Gasteiger partial charge in [-0.1, -0.05) is 0 Å². The van der Waals surface area contributed by atoms with Crippen LogP contribution in [0.3, 0.4) is 0 Å². The van der Waals surface area contributed by atoms with Crippen molar-refractivity contribution in [3.05, 3.63) is 47.5 Å². The van der Waals surface area contributed by atoms with Crippen molar-refractivity contribution in [2.75, 3.05) is 43.1 Å². The minimum atomic E-state index is 0.302. The zero-order valence-corrected chi connectivity index (χ0v) is 15.6. The van der Waals surface area contributed by atoms with Crippen LogP contribution in [0.5, 0.6) is 5.75 Å². The van der Waals surface area contributed by atoms with Crippen molar-refractivity contribution in [3.8, 4) is 5.75 Å². The lowest BCUT2D eigenvalue weighted by Gasteiger charge is -2.37. The third kappa shape index (κ3) is 3.24. The summed E-state index contributed by atoms with van der Waals surface area (Å²) in [6, 6.07) is 10.1. The van der Waals surface area contributed by atoms with E-state index in [1.165, 1.54) is 5.69 Å². The Kier molecular flexibility index (Phi) is 4.51. The molecule has 1 aromatic carbocycles. The second-order valence-electron chi connectivity index (χ2n) is 6.32. The molecule has 1 saturated heterocycles. The number of nitrogens with zero attached hydrogens (tertiary/aromatic N) is 5. The molecule has 0 atom stereocenters. The summed E-state index contributed by atoms with van der Waals surface area (Å²) in [5, 5.41) is 1.44. The van der Waals surface area contributed by atoms with Crippen molar-refractivity contribution in [1.29, 1.82) is 0 Å². The van der Waals surface area contributed by atoms with E-state index in [9.17, 15) is 0 Å². The number of ether oxygens (including phenoxy) is 1. The largest absolute Gasteiger partial charge is 0.497 e. The first-order chi connectivity index (χ1) is 12.6. The average Bonchev–Trinajstić information content (AvgIpc) is 2.66. The molecule has 7 heteroatoms. The van der Waals surface area contributed by atoms with Gasteiger partial charge in [0.2, 0.25) is 5.28 Å². The van der Waals surface area contributed by atoms with Crippen LogP contribution in [0.4, 0.5) is 11.5 Å². The minimum Gasteiger partial charge on any atom is -0.497 e. The molecule has 1 aliphatic heterocycles. The molecular formula is C19H20ClN5O. The van der Waals surface area contributed by atoms with Gasteiger partial charge in [0.1, 0.15) is 11.6 Å². The minimum absolute atomic E-state index is 0.302. The maximum Gasteiger partial charge on any atom is 0.224 e. The number of benzene rings is 1. The first-order valence-corrected chi connectivity index (χ1v) is 8.96. The molecular weight excluding hydrogens is 350 g/mol. The van der Waals surface area contributed by atoms with Crippen molar-refractivity contribution in [1.82, 2.24) is 15.0 Å². The normalized spacial score (nSPS) is 14.7. The van der Waals surface area contributed by atoms with Gasteiger partial charge in [0.15, 0.2) is 0 Å². The highest BCUT2D eigenvalue weighted by Gasteiger charge is 2.20. The van der Waals surface area contributed by atoms with Gasteiger partial charge in [-0.25, -0.2) is 9.97 Å². The van der Waals surface area contributed by atoms with Crippen LogP contribution in [-0.4, -0.2) is 48.2 Å². The van der Waals surface area contributed by atoms with E-state index in [0.29, 0.717) is 5.28 Å². The molecule has 2 aromatic heterocycles. The Hall–Kier alpha value is -2.60. The lowest BCUT2D eigenvalue weighted by atomic mass is 10.1. The van der Waals surface area contributed by atoms with Crippen LogP contribution < -0.4 is 14.5 Å². The van der Waals surface area contributed by atoms with Crippen LogP contribution in [0.15, 0.2) is 36.5 Å². The zero-order valence-electron chi connectivity index (χ0n) is 14.8. The fourth-order valence-corrected chi connectivity index (χ4v) is 3.59. The number of hydrogen-bond acceptors (Lipinski definition) is 6. The topological polar surface area (TPSA) is 54.4 Å². The van der Waals surface area contributed by atoms with Gasteiger partial charge in [-0.15, -0.1) is 0 Å². The molecule has 1 aliphatic rings. The smallest absolute Gasteiger partial charge is 0.224 e. The molecule has 3 heterocycles. The zero-order chi connectivity index (χ0) is 18.1. The fourth-order valence-electron chi connectivity index (χ4n) is 3.37. The van der Waals surface area contributed by atoms with Gasteiger partial charge in [-0.3, -0.25) is 4.98 Å². The van der Waals surface area contributed by atoms with E-state index in [-0.39, 0.29) is 0 Å². The first-order valence-electron chi connectivity index (χ1n) is 8.58. The van der Waals surface area contributed by atoms with Crippen LogP contribution in [0.2, 0.25) is 5.28 Å². The Morgan fingerprint density at radius 3 is 2.50 bits per heavy atom. The summed E-state index contributed by atoms with van der Waals surface area (Å²) in [5.41, 5.74) is 3.04. The molecule has 0 amide bonds. The van der Waals surface area contributed by atoms with E-state index in [2.05, 4.69) is 36.9 Å². The molecule has 0 saturated carbocycles. The Labute approximate surface area is 157 Å². The van der Waals surface area contributed by atoms with Crippen LogP contribution in [-0.2, 0) is 0 Å². The van der Waals surface area contributed by atoms with E-state index in [4.69, 9.17) is 16.3 Å². The van der Waals surface area contributed by atoms with Crippen LogP contribution in [0.1, 0.15) is 5.69 Å². The molecule has 3 aromatic rings. The molecule has 4 rings (SSSR count). The van der Waals surface area contributed by atoms with Gasteiger partial charge in [0.25, 0.3) is 0 Å². The van der Waals surface area contributed by atoms with Gasteiger partial charge in [0.05, 0.1) is 12.6 Å². The van der Waals surface area contributed by atoms with Gasteiger partial charge in [0, 0.05) is 61.3 Å². The number of piperazine rings is 1. The molecule has 0 bridgehead atoms. The Balaban J connectivity index is 1.55. The standard InChI is InChI=1S/C19H20ClN5O/c1-13-11-18(23-19(20)22-13)25-9-7-24(8-10-25)17-5-6-21-16-12-14(26-2)3-4-15(16)17/h3-6,11-12H,7-10H2,1-2H3. The molecule has 6 nitrogen and oxygen atoms in total. The Morgan fingerprint density at radius 2 is 1.77 bits per heavy atom. The van der Waals surface area contributed by atoms with Crippen molar-refractivity contribution >= 4 is 34.0 Å². The summed E-state index contributed by atoms with van der Waals surface area (Å²) in [6.45, 7) is 5.52. The number of methoxy groups -OCH3 is 1. The molecule has 0 unspecified atom stereocenters. The second-order valence-corrected chi connectivity index (χ2v) is 6.66. The maximum atomic E-state index is 6.01. The number of rotatable bonds is 3. The van der Waals surface area contributed by atoms with E-state index in [1.54, 1.807) is 7.11 Å². The second kappa shape index (κ2) is 6.96. The number of fused-ring (bicyclic) bond motifs is 1. The van der Waals surface area contributed by atoms with E-state index < -0.39 is 0 Å². The fraction of sp³-hybridized carbons (Fsp3) is 0.316. The van der Waals surface area contributed by atoms with E-state index in [0.717, 1.165) is 54.3 Å². The summed E-state index contributed by atoms with van der Waals surface area (Å²) >= 11 is 6.01. The monoisotopic (exact) mass is 369 g/mol. The van der Waals surface area contributed by atoms with Crippen LogP contribution >= 0.6 is 11.6 Å². The lowest BCUT2D eigenvalue weighted by molar-refractivity contribution is 0.415. The van der Waals surface area contributed by atoms with E-state index in [1.807, 2.05) is 31.3 Å². The van der Waals surface area contributed by atoms with Crippen molar-refractivity contribution in [2.45, 2.75) is 6.92 Å². The third-order valence-electron chi connectivity index (χ3n) is 4.68. The highest BCUT2D eigenvalue weighted by Crippen LogP contribution is 2.29. The molecule has 0 spiro atoms. The Morgan fingerprint density at radius 1 is 1.00 bits per heavy atom. The predicted octanol–water partition coefficient (Wildman–Crippen LogP) is 3.32. The van der Waals surface area contributed by atoms with Gasteiger partial charge in [-0.05, 0) is 36.7 Å². The number of hydrogen-bond donors (Lipinski definition) is 0. The lowest BCUT2D eigenvalue weighted by Crippen LogP contribution is -2.47. The van der Waals surface area contributed by atoms with Crippen LogP contribution in [0, 0.1) is 6.92 Å². The number of aryl methyl sites for hydroxylation is 1. The summed E-state index contributed by atoms with van der Waals surface area (Å²) in [7, 11) is 1.67. The van der Waals surface area contributed by atoms with Crippen molar-refractivity contribution in [3.63, 3.8) is 0 Å². The Bertz CT molecular complexity index is 920. The highest BCUT2D eigenvalue weighted by atomic mass is 35.5. The maximum absolute atomic E-state index is 6.01. The quantitative estimate of drug-likeness (QED) is 0.660. The third-order valence-corrected chi connectivity index (χ3v) is 4.85. The highest BCUT2D eigenvalue weighted by molar-refractivity contribution is 6.28. The summed E-state index contributed by atoms with van der Waals surface area (Å²) in [6.07, 6.45) is 1.86. The number of aromatic nitrogens is 3. The van der Waals surface area contributed by atoms with Gasteiger partial charge in [-0.2, -0.15) is 0 Å². The molecule has 0 aliphatic carbocycles. The average molecular weight is 370 g/mol. The summed E-state index contributed by atoms with van der Waals surface area (Å²) in [5.74, 6) is 1.72. The number of pyridine rings is 1.